The quantitative estimate of drug-likeness (QED) is 0.452. The molecule has 0 bridgehead atoms. The van der Waals surface area contributed by atoms with E-state index in [1.807, 2.05) is 36.4 Å². The molecule has 1 saturated heterocycles. The molecule has 1 fully saturated rings. The number of nitrogens with two attached hydrogens (primary N) is 1. The highest BCUT2D eigenvalue weighted by Crippen LogP contribution is 2.27. The van der Waals surface area contributed by atoms with Gasteiger partial charge in [0.2, 0.25) is 9.84 Å². The van der Waals surface area contributed by atoms with E-state index < -0.39 is 9.84 Å². The lowest BCUT2D eigenvalue weighted by Gasteiger charge is -2.28. The van der Waals surface area contributed by atoms with Crippen LogP contribution in [0.2, 0.25) is 0 Å². The van der Waals surface area contributed by atoms with Gasteiger partial charge in [0.25, 0.3) is 5.16 Å². The van der Waals surface area contributed by atoms with Gasteiger partial charge in [-0.15, -0.1) is 0 Å². The predicted octanol–water partition coefficient (Wildman–Crippen LogP) is 1.88. The summed E-state index contributed by atoms with van der Waals surface area (Å²) in [5.74, 6) is 1.16. The third-order valence-corrected chi connectivity index (χ3v) is 7.08. The molecular formula is C21H28N6O3S. The van der Waals surface area contributed by atoms with Gasteiger partial charge in [0.05, 0.1) is 19.0 Å². The van der Waals surface area contributed by atoms with E-state index in [1.165, 1.54) is 0 Å². The van der Waals surface area contributed by atoms with Crippen molar-refractivity contribution < 1.29 is 13.2 Å². The first-order chi connectivity index (χ1) is 14.8. The van der Waals surface area contributed by atoms with E-state index in [2.05, 4.69) is 15.0 Å². The molecule has 10 heteroatoms. The van der Waals surface area contributed by atoms with Crippen LogP contribution >= 0.6 is 0 Å². The molecule has 3 heterocycles. The molecule has 2 N–H and O–H groups in total. The molecule has 0 radical (unpaired) electrons. The van der Waals surface area contributed by atoms with Gasteiger partial charge in [-0.3, -0.25) is 0 Å². The van der Waals surface area contributed by atoms with Crippen LogP contribution in [0, 0.1) is 0 Å². The summed E-state index contributed by atoms with van der Waals surface area (Å²) in [5, 5.41) is -0.190. The highest BCUT2D eigenvalue weighted by molar-refractivity contribution is 7.90. The Hall–Kier alpha value is -2.72. The van der Waals surface area contributed by atoms with E-state index in [-0.39, 0.29) is 10.9 Å². The first-order valence-electron chi connectivity index (χ1n) is 10.5. The van der Waals surface area contributed by atoms with Crippen LogP contribution in [0.5, 0.6) is 0 Å². The largest absolute Gasteiger partial charge is 0.398 e. The third-order valence-electron chi connectivity index (χ3n) is 5.63. The van der Waals surface area contributed by atoms with Crippen molar-refractivity contribution in [3.8, 4) is 0 Å². The highest BCUT2D eigenvalue weighted by atomic mass is 32.2. The number of benzene rings is 1. The Bertz CT molecular complexity index is 1220. The van der Waals surface area contributed by atoms with Gasteiger partial charge in [-0.05, 0) is 23.6 Å². The molecule has 0 spiro atoms. The molecule has 4 rings (SSSR count). The minimum Gasteiger partial charge on any atom is -0.398 e. The second-order valence-electron chi connectivity index (χ2n) is 7.69. The average Bonchev–Trinajstić information content (AvgIpc) is 3.09. The van der Waals surface area contributed by atoms with Gasteiger partial charge in [-0.1, -0.05) is 26.0 Å². The van der Waals surface area contributed by atoms with Gasteiger partial charge in [-0.25, -0.2) is 13.4 Å². The summed E-state index contributed by atoms with van der Waals surface area (Å²) in [6.07, 6.45) is 1.50. The molecule has 166 valence electrons. The summed E-state index contributed by atoms with van der Waals surface area (Å²) >= 11 is 0. The fraction of sp³-hybridized carbons (Fsp3) is 0.476. The van der Waals surface area contributed by atoms with Crippen molar-refractivity contribution in [1.29, 1.82) is 0 Å². The minimum absolute atomic E-state index is 0.190. The molecule has 0 unspecified atom stereocenters. The topological polar surface area (TPSA) is 116 Å². The van der Waals surface area contributed by atoms with Crippen molar-refractivity contribution in [2.45, 2.75) is 37.6 Å². The van der Waals surface area contributed by atoms with E-state index in [0.29, 0.717) is 61.0 Å². The number of nitrogens with zero attached hydrogens (tertiary/aromatic N) is 5. The first-order valence-corrected chi connectivity index (χ1v) is 12.1. The molecule has 1 aliphatic heterocycles. The van der Waals surface area contributed by atoms with E-state index in [4.69, 9.17) is 10.5 Å². The molecule has 1 aliphatic rings. The first kappa shape index (κ1) is 21.5. The number of hydrogen-bond donors (Lipinski definition) is 1. The number of morpholine rings is 1. The number of aromatic nitrogens is 4. The lowest BCUT2D eigenvalue weighted by Crippen LogP contribution is -2.37. The molecule has 0 amide bonds. The van der Waals surface area contributed by atoms with Crippen molar-refractivity contribution in [2.24, 2.45) is 7.05 Å². The van der Waals surface area contributed by atoms with Gasteiger partial charge < -0.3 is 19.9 Å². The van der Waals surface area contributed by atoms with Crippen molar-refractivity contribution >= 4 is 32.5 Å². The maximum Gasteiger partial charge on any atom is 0.251 e. The number of fused-ring (bicyclic) bond motifs is 1. The third kappa shape index (κ3) is 4.09. The summed E-state index contributed by atoms with van der Waals surface area (Å²) in [6, 6.07) is 5.39. The maximum atomic E-state index is 13.3. The summed E-state index contributed by atoms with van der Waals surface area (Å²) in [7, 11) is -1.94. The minimum atomic E-state index is -3.79. The molecule has 1 aromatic carbocycles. The van der Waals surface area contributed by atoms with Crippen molar-refractivity contribution in [3.63, 3.8) is 0 Å². The summed E-state index contributed by atoms with van der Waals surface area (Å²) in [4.78, 5) is 15.6. The van der Waals surface area contributed by atoms with Crippen LogP contribution in [0.25, 0.3) is 11.2 Å². The monoisotopic (exact) mass is 444 g/mol. The highest BCUT2D eigenvalue weighted by Gasteiger charge is 2.27. The summed E-state index contributed by atoms with van der Waals surface area (Å²) in [5.41, 5.74) is 9.42. The number of ether oxygens (including phenoxy) is 1. The Kier molecular flexibility index (Phi) is 5.85. The Balaban J connectivity index is 1.80. The molecule has 0 atom stereocenters. The Morgan fingerprint density at radius 3 is 2.48 bits per heavy atom. The molecule has 0 saturated carbocycles. The van der Waals surface area contributed by atoms with E-state index >= 15 is 0 Å². The van der Waals surface area contributed by atoms with E-state index in [9.17, 15) is 8.42 Å². The van der Waals surface area contributed by atoms with Gasteiger partial charge in [0.1, 0.15) is 5.82 Å². The number of rotatable bonds is 6. The Labute approximate surface area is 182 Å². The van der Waals surface area contributed by atoms with Crippen molar-refractivity contribution in [2.75, 3.05) is 36.9 Å². The fourth-order valence-corrected chi connectivity index (χ4v) is 5.06. The number of nitrogen functional groups attached to an aromatic ring is 1. The van der Waals surface area contributed by atoms with Crippen LogP contribution in [0.4, 0.5) is 11.5 Å². The molecule has 31 heavy (non-hydrogen) atoms. The van der Waals surface area contributed by atoms with Crippen molar-refractivity contribution in [3.05, 3.63) is 35.2 Å². The zero-order valence-corrected chi connectivity index (χ0v) is 18.9. The number of aryl methyl sites for hydroxylation is 3. The molecule has 0 aliphatic carbocycles. The van der Waals surface area contributed by atoms with Crippen molar-refractivity contribution in [1.82, 2.24) is 19.5 Å². The average molecular weight is 445 g/mol. The van der Waals surface area contributed by atoms with Crippen LogP contribution < -0.4 is 10.6 Å². The van der Waals surface area contributed by atoms with Crippen LogP contribution in [-0.4, -0.2) is 54.2 Å². The fourth-order valence-electron chi connectivity index (χ4n) is 3.86. The summed E-state index contributed by atoms with van der Waals surface area (Å²) in [6.45, 7) is 6.38. The standard InChI is InChI=1S/C21H28N6O3S/c1-4-15-7-6-14(12-16(15)22)13-31(28,29)21-24-19-18(23-17(5-2)26(19)3)20(25-21)27-8-10-30-11-9-27/h6-7,12H,4-5,8-11,13,22H2,1-3H3. The number of hydrogen-bond acceptors (Lipinski definition) is 8. The zero-order chi connectivity index (χ0) is 22.2. The summed E-state index contributed by atoms with van der Waals surface area (Å²) < 4.78 is 33.9. The normalized spacial score (nSPS) is 15.0. The molecular weight excluding hydrogens is 416 g/mol. The number of sulfone groups is 1. The molecule has 2 aromatic heterocycles. The van der Waals surface area contributed by atoms with Crippen LogP contribution in [-0.2, 0) is 40.2 Å². The lowest BCUT2D eigenvalue weighted by atomic mass is 10.1. The van der Waals surface area contributed by atoms with Gasteiger partial charge in [-0.2, -0.15) is 9.97 Å². The van der Waals surface area contributed by atoms with E-state index in [1.54, 1.807) is 12.1 Å². The van der Waals surface area contributed by atoms with Gasteiger partial charge in [0, 0.05) is 32.2 Å². The second-order valence-corrected chi connectivity index (χ2v) is 9.57. The SMILES string of the molecule is CCc1ccc(CS(=O)(=O)c2nc(N3CCOCC3)c3nc(CC)n(C)c3n2)cc1N. The lowest BCUT2D eigenvalue weighted by molar-refractivity contribution is 0.122. The number of anilines is 2. The Morgan fingerprint density at radius 1 is 1.10 bits per heavy atom. The van der Waals surface area contributed by atoms with Gasteiger partial charge in [0.15, 0.2) is 17.0 Å². The maximum absolute atomic E-state index is 13.3. The van der Waals surface area contributed by atoms with Crippen LogP contribution in [0.3, 0.4) is 0 Å². The smallest absolute Gasteiger partial charge is 0.251 e. The zero-order valence-electron chi connectivity index (χ0n) is 18.1. The molecule has 9 nitrogen and oxygen atoms in total. The van der Waals surface area contributed by atoms with Crippen LogP contribution in [0.15, 0.2) is 23.4 Å². The van der Waals surface area contributed by atoms with Gasteiger partial charge >= 0.3 is 0 Å². The number of imidazole rings is 1. The predicted molar refractivity (Wildman–Crippen MR) is 120 cm³/mol. The Morgan fingerprint density at radius 2 is 1.84 bits per heavy atom. The second kappa shape index (κ2) is 8.43. The van der Waals surface area contributed by atoms with Crippen LogP contribution in [0.1, 0.15) is 30.8 Å². The molecule has 3 aromatic rings. The van der Waals surface area contributed by atoms with E-state index in [0.717, 1.165) is 17.8 Å².